The Kier molecular flexibility index (Phi) is 5.44. The number of carbonyl (C=O) groups excluding carboxylic acids is 3. The third-order valence-corrected chi connectivity index (χ3v) is 4.24. The van der Waals surface area contributed by atoms with Crippen LogP contribution in [0.4, 0.5) is 20.6 Å². The van der Waals surface area contributed by atoms with E-state index >= 15 is 0 Å². The first-order chi connectivity index (χ1) is 13.4. The number of anilines is 2. The van der Waals surface area contributed by atoms with Crippen molar-refractivity contribution in [3.05, 3.63) is 48.3 Å². The van der Waals surface area contributed by atoms with E-state index in [0.717, 1.165) is 17.0 Å². The standard InChI is InChI=1S/C19H18FN3O5/c1-27-13-7-8-16(28-2)15(9-13)22-17(24)14-10-21-19(26)23(18(14)25)12-5-3-11(20)4-6-12/h3-9,14H,10H2,1-2H3,(H,21,26)(H,22,24). The Hall–Kier alpha value is -3.62. The number of rotatable bonds is 5. The van der Waals surface area contributed by atoms with Gasteiger partial charge in [-0.3, -0.25) is 9.59 Å². The molecule has 2 aromatic rings. The Morgan fingerprint density at radius 2 is 1.86 bits per heavy atom. The lowest BCUT2D eigenvalue weighted by Crippen LogP contribution is -2.58. The SMILES string of the molecule is COc1ccc(OC)c(NC(=O)C2CNC(=O)N(c3ccc(F)cc3)C2=O)c1. The van der Waals surface area contributed by atoms with Crippen LogP contribution in [0.15, 0.2) is 42.5 Å². The van der Waals surface area contributed by atoms with Gasteiger partial charge >= 0.3 is 6.03 Å². The van der Waals surface area contributed by atoms with Gasteiger partial charge in [-0.2, -0.15) is 0 Å². The molecule has 0 saturated carbocycles. The fourth-order valence-electron chi connectivity index (χ4n) is 2.78. The Bertz CT molecular complexity index is 916. The smallest absolute Gasteiger partial charge is 0.328 e. The quantitative estimate of drug-likeness (QED) is 0.767. The van der Waals surface area contributed by atoms with Crippen LogP contribution in [-0.2, 0) is 9.59 Å². The van der Waals surface area contributed by atoms with Crippen LogP contribution in [0.25, 0.3) is 0 Å². The molecule has 0 aromatic heterocycles. The fourth-order valence-corrected chi connectivity index (χ4v) is 2.78. The van der Waals surface area contributed by atoms with Crippen LogP contribution in [-0.4, -0.2) is 38.6 Å². The average molecular weight is 387 g/mol. The topological polar surface area (TPSA) is 97.0 Å². The van der Waals surface area contributed by atoms with E-state index in [1.165, 1.54) is 26.4 Å². The molecule has 1 aliphatic heterocycles. The van der Waals surface area contributed by atoms with E-state index < -0.39 is 29.6 Å². The van der Waals surface area contributed by atoms with Gasteiger partial charge in [0.2, 0.25) is 11.8 Å². The van der Waals surface area contributed by atoms with Gasteiger partial charge in [0.05, 0.1) is 25.6 Å². The molecule has 2 N–H and O–H groups in total. The number of hydrogen-bond donors (Lipinski definition) is 2. The van der Waals surface area contributed by atoms with Crippen LogP contribution in [0.5, 0.6) is 11.5 Å². The highest BCUT2D eigenvalue weighted by Crippen LogP contribution is 2.30. The van der Waals surface area contributed by atoms with E-state index in [1.807, 2.05) is 0 Å². The molecule has 28 heavy (non-hydrogen) atoms. The lowest BCUT2D eigenvalue weighted by Gasteiger charge is -2.30. The van der Waals surface area contributed by atoms with E-state index in [0.29, 0.717) is 17.2 Å². The first-order valence-electron chi connectivity index (χ1n) is 8.35. The minimum Gasteiger partial charge on any atom is -0.497 e. The van der Waals surface area contributed by atoms with Crippen LogP contribution in [0.3, 0.4) is 0 Å². The summed E-state index contributed by atoms with van der Waals surface area (Å²) in [6, 6.07) is 8.98. The van der Waals surface area contributed by atoms with Crippen molar-refractivity contribution in [2.45, 2.75) is 0 Å². The summed E-state index contributed by atoms with van der Waals surface area (Å²) in [7, 11) is 2.92. The largest absolute Gasteiger partial charge is 0.497 e. The first kappa shape index (κ1) is 19.2. The number of benzene rings is 2. The number of imide groups is 1. The first-order valence-corrected chi connectivity index (χ1v) is 8.35. The van der Waals surface area contributed by atoms with E-state index in [4.69, 9.17) is 9.47 Å². The van der Waals surface area contributed by atoms with Gasteiger partial charge in [-0.1, -0.05) is 0 Å². The van der Waals surface area contributed by atoms with Crippen LogP contribution in [0.1, 0.15) is 0 Å². The molecule has 4 amide bonds. The zero-order valence-corrected chi connectivity index (χ0v) is 15.2. The van der Waals surface area contributed by atoms with Gasteiger partial charge in [-0.05, 0) is 36.4 Å². The third kappa shape index (κ3) is 3.73. The molecule has 9 heteroatoms. The van der Waals surface area contributed by atoms with Gasteiger partial charge < -0.3 is 20.1 Å². The van der Waals surface area contributed by atoms with Crippen molar-refractivity contribution in [2.24, 2.45) is 5.92 Å². The number of halogens is 1. The Morgan fingerprint density at radius 3 is 2.50 bits per heavy atom. The highest BCUT2D eigenvalue weighted by molar-refractivity contribution is 6.23. The van der Waals surface area contributed by atoms with Crippen molar-refractivity contribution in [1.29, 1.82) is 0 Å². The zero-order valence-electron chi connectivity index (χ0n) is 15.2. The lowest BCUT2D eigenvalue weighted by molar-refractivity contribution is -0.130. The normalized spacial score (nSPS) is 16.4. The van der Waals surface area contributed by atoms with Crippen molar-refractivity contribution >= 4 is 29.2 Å². The molecule has 1 aliphatic rings. The predicted molar refractivity (Wildman–Crippen MR) is 99.0 cm³/mol. The highest BCUT2D eigenvalue weighted by Gasteiger charge is 2.39. The van der Waals surface area contributed by atoms with Crippen LogP contribution in [0.2, 0.25) is 0 Å². The van der Waals surface area contributed by atoms with Gasteiger partial charge in [0.15, 0.2) is 0 Å². The summed E-state index contributed by atoms with van der Waals surface area (Å²) < 4.78 is 23.5. The third-order valence-electron chi connectivity index (χ3n) is 4.24. The molecule has 1 fully saturated rings. The second-order valence-corrected chi connectivity index (χ2v) is 5.94. The number of ether oxygens (including phenoxy) is 2. The number of amides is 4. The molecule has 0 spiro atoms. The van der Waals surface area contributed by atoms with Crippen LogP contribution in [0, 0.1) is 11.7 Å². The van der Waals surface area contributed by atoms with Crippen LogP contribution >= 0.6 is 0 Å². The molecule has 3 rings (SSSR count). The number of nitrogens with one attached hydrogen (secondary N) is 2. The summed E-state index contributed by atoms with van der Waals surface area (Å²) in [5, 5.41) is 5.13. The van der Waals surface area contributed by atoms with Crippen LogP contribution < -0.4 is 25.0 Å². The van der Waals surface area contributed by atoms with E-state index in [-0.39, 0.29) is 12.2 Å². The van der Waals surface area contributed by atoms with Crippen molar-refractivity contribution in [2.75, 3.05) is 31.0 Å². The monoisotopic (exact) mass is 387 g/mol. The van der Waals surface area contributed by atoms with E-state index in [2.05, 4.69) is 10.6 Å². The number of urea groups is 1. The second-order valence-electron chi connectivity index (χ2n) is 5.94. The zero-order chi connectivity index (χ0) is 20.3. The average Bonchev–Trinajstić information content (AvgIpc) is 2.69. The molecular formula is C19H18FN3O5. The summed E-state index contributed by atoms with van der Waals surface area (Å²) in [5.74, 6) is -2.13. The molecule has 0 aliphatic carbocycles. The maximum absolute atomic E-state index is 13.1. The van der Waals surface area contributed by atoms with Gasteiger partial charge in [0.25, 0.3) is 0 Å². The molecule has 1 heterocycles. The molecular weight excluding hydrogens is 369 g/mol. The molecule has 1 atom stereocenters. The minimum atomic E-state index is -1.17. The molecule has 8 nitrogen and oxygen atoms in total. The van der Waals surface area contributed by atoms with Crippen molar-refractivity contribution in [3.8, 4) is 11.5 Å². The maximum Gasteiger partial charge on any atom is 0.328 e. The predicted octanol–water partition coefficient (Wildman–Crippen LogP) is 2.15. The maximum atomic E-state index is 13.1. The summed E-state index contributed by atoms with van der Waals surface area (Å²) in [6.07, 6.45) is 0. The lowest BCUT2D eigenvalue weighted by atomic mass is 10.0. The van der Waals surface area contributed by atoms with E-state index in [9.17, 15) is 18.8 Å². The number of nitrogens with zero attached hydrogens (tertiary/aromatic N) is 1. The van der Waals surface area contributed by atoms with Crippen molar-refractivity contribution in [1.82, 2.24) is 5.32 Å². The molecule has 1 unspecified atom stereocenters. The van der Waals surface area contributed by atoms with Crippen molar-refractivity contribution < 1.29 is 28.2 Å². The number of hydrogen-bond acceptors (Lipinski definition) is 5. The summed E-state index contributed by atoms with van der Waals surface area (Å²) in [6.45, 7) is -0.159. The molecule has 0 bridgehead atoms. The fraction of sp³-hybridized carbons (Fsp3) is 0.211. The van der Waals surface area contributed by atoms with Gasteiger partial charge in [0, 0.05) is 12.6 Å². The number of carbonyl (C=O) groups is 3. The van der Waals surface area contributed by atoms with E-state index in [1.54, 1.807) is 18.2 Å². The Balaban J connectivity index is 1.83. The van der Waals surface area contributed by atoms with Crippen molar-refractivity contribution in [3.63, 3.8) is 0 Å². The van der Waals surface area contributed by atoms with Gasteiger partial charge in [0.1, 0.15) is 23.2 Å². The Morgan fingerprint density at radius 1 is 1.14 bits per heavy atom. The summed E-state index contributed by atoms with van der Waals surface area (Å²) >= 11 is 0. The summed E-state index contributed by atoms with van der Waals surface area (Å²) in [5.41, 5.74) is 0.491. The summed E-state index contributed by atoms with van der Waals surface area (Å²) in [4.78, 5) is 38.5. The second kappa shape index (κ2) is 7.95. The van der Waals surface area contributed by atoms with Gasteiger partial charge in [-0.15, -0.1) is 0 Å². The molecule has 1 saturated heterocycles. The van der Waals surface area contributed by atoms with Gasteiger partial charge in [-0.25, -0.2) is 14.1 Å². The highest BCUT2D eigenvalue weighted by atomic mass is 19.1. The minimum absolute atomic E-state index is 0.159. The molecule has 146 valence electrons. The molecule has 0 radical (unpaired) electrons. The number of methoxy groups -OCH3 is 2. The molecule has 2 aromatic carbocycles. The Labute approximate surface area is 160 Å².